The van der Waals surface area contributed by atoms with E-state index in [4.69, 9.17) is 16.3 Å². The number of methoxy groups -OCH3 is 1. The minimum absolute atomic E-state index is 0.482. The molecular formula is C11H11ClN4O. The molecule has 0 saturated carbocycles. The molecule has 0 bridgehead atoms. The Hall–Kier alpha value is -1.88. The van der Waals surface area contributed by atoms with E-state index < -0.39 is 0 Å². The van der Waals surface area contributed by atoms with Gasteiger partial charge in [-0.1, -0.05) is 17.7 Å². The SMILES string of the molecule is COc1ncccc1CNc1ncncc1Cl. The lowest BCUT2D eigenvalue weighted by Gasteiger charge is -2.09. The molecule has 0 aliphatic heterocycles. The molecule has 0 aromatic carbocycles. The lowest BCUT2D eigenvalue weighted by atomic mass is 10.2. The van der Waals surface area contributed by atoms with E-state index in [-0.39, 0.29) is 0 Å². The maximum atomic E-state index is 5.93. The van der Waals surface area contributed by atoms with Crippen molar-refractivity contribution in [2.24, 2.45) is 0 Å². The van der Waals surface area contributed by atoms with Gasteiger partial charge >= 0.3 is 0 Å². The summed E-state index contributed by atoms with van der Waals surface area (Å²) in [7, 11) is 1.59. The topological polar surface area (TPSA) is 59.9 Å². The first-order valence-electron chi connectivity index (χ1n) is 4.98. The Kier molecular flexibility index (Phi) is 3.72. The Labute approximate surface area is 104 Å². The third-order valence-corrected chi connectivity index (χ3v) is 2.43. The molecule has 17 heavy (non-hydrogen) atoms. The molecular weight excluding hydrogens is 240 g/mol. The minimum Gasteiger partial charge on any atom is -0.481 e. The van der Waals surface area contributed by atoms with Gasteiger partial charge in [0.25, 0.3) is 0 Å². The van der Waals surface area contributed by atoms with Gasteiger partial charge in [0.15, 0.2) is 0 Å². The highest BCUT2D eigenvalue weighted by molar-refractivity contribution is 6.32. The largest absolute Gasteiger partial charge is 0.481 e. The van der Waals surface area contributed by atoms with Gasteiger partial charge in [-0.15, -0.1) is 0 Å². The predicted molar refractivity (Wildman–Crippen MR) is 65.2 cm³/mol. The summed E-state index contributed by atoms with van der Waals surface area (Å²) in [4.78, 5) is 12.0. The smallest absolute Gasteiger partial charge is 0.218 e. The van der Waals surface area contributed by atoms with Crippen molar-refractivity contribution in [3.05, 3.63) is 41.4 Å². The van der Waals surface area contributed by atoms with Gasteiger partial charge in [-0.3, -0.25) is 0 Å². The van der Waals surface area contributed by atoms with Gasteiger partial charge in [-0.25, -0.2) is 15.0 Å². The monoisotopic (exact) mass is 250 g/mol. The summed E-state index contributed by atoms with van der Waals surface area (Å²) in [6, 6.07) is 3.77. The lowest BCUT2D eigenvalue weighted by Crippen LogP contribution is -2.04. The summed E-state index contributed by atoms with van der Waals surface area (Å²) in [5, 5.41) is 3.58. The quantitative estimate of drug-likeness (QED) is 0.901. The molecule has 2 heterocycles. The molecule has 0 radical (unpaired) electrons. The Morgan fingerprint density at radius 1 is 1.41 bits per heavy atom. The Balaban J connectivity index is 2.10. The summed E-state index contributed by atoms with van der Waals surface area (Å²) in [5.74, 6) is 1.18. The van der Waals surface area contributed by atoms with E-state index in [1.807, 2.05) is 12.1 Å². The highest BCUT2D eigenvalue weighted by atomic mass is 35.5. The van der Waals surface area contributed by atoms with Crippen molar-refractivity contribution in [2.45, 2.75) is 6.54 Å². The second kappa shape index (κ2) is 5.45. The van der Waals surface area contributed by atoms with Crippen LogP contribution in [0.4, 0.5) is 5.82 Å². The zero-order chi connectivity index (χ0) is 12.1. The van der Waals surface area contributed by atoms with Crippen molar-refractivity contribution in [1.82, 2.24) is 15.0 Å². The molecule has 1 N–H and O–H groups in total. The van der Waals surface area contributed by atoms with E-state index >= 15 is 0 Å². The van der Waals surface area contributed by atoms with Crippen LogP contribution in [-0.2, 0) is 6.54 Å². The fourth-order valence-electron chi connectivity index (χ4n) is 1.36. The Morgan fingerprint density at radius 2 is 2.29 bits per heavy atom. The van der Waals surface area contributed by atoms with Crippen LogP contribution in [0.5, 0.6) is 5.88 Å². The predicted octanol–water partition coefficient (Wildman–Crippen LogP) is 2.15. The van der Waals surface area contributed by atoms with Gasteiger partial charge in [-0.05, 0) is 6.07 Å². The van der Waals surface area contributed by atoms with Crippen LogP contribution in [0.1, 0.15) is 5.56 Å². The first kappa shape index (κ1) is 11.6. The van der Waals surface area contributed by atoms with E-state index in [1.54, 1.807) is 13.3 Å². The minimum atomic E-state index is 0.482. The number of rotatable bonds is 4. The van der Waals surface area contributed by atoms with E-state index in [0.29, 0.717) is 23.3 Å². The maximum absolute atomic E-state index is 5.93. The second-order valence-corrected chi connectivity index (χ2v) is 3.65. The van der Waals surface area contributed by atoms with Crippen molar-refractivity contribution in [1.29, 1.82) is 0 Å². The van der Waals surface area contributed by atoms with Gasteiger partial charge in [-0.2, -0.15) is 0 Å². The van der Waals surface area contributed by atoms with Crippen molar-refractivity contribution in [2.75, 3.05) is 12.4 Å². The van der Waals surface area contributed by atoms with Crippen LogP contribution >= 0.6 is 11.6 Å². The first-order chi connectivity index (χ1) is 8.31. The van der Waals surface area contributed by atoms with Gasteiger partial charge in [0.05, 0.1) is 13.3 Å². The number of hydrogen-bond acceptors (Lipinski definition) is 5. The van der Waals surface area contributed by atoms with E-state index in [1.165, 1.54) is 12.5 Å². The van der Waals surface area contributed by atoms with Crippen LogP contribution in [0.15, 0.2) is 30.9 Å². The van der Waals surface area contributed by atoms with Crippen LogP contribution in [0.3, 0.4) is 0 Å². The molecule has 88 valence electrons. The summed E-state index contributed by atoms with van der Waals surface area (Å²) in [5.41, 5.74) is 0.935. The number of anilines is 1. The molecule has 0 saturated heterocycles. The zero-order valence-electron chi connectivity index (χ0n) is 9.22. The molecule has 0 amide bonds. The van der Waals surface area contributed by atoms with Crippen molar-refractivity contribution in [3.8, 4) is 5.88 Å². The summed E-state index contributed by atoms with van der Waals surface area (Å²) in [6.07, 6.45) is 4.66. The molecule has 5 nitrogen and oxygen atoms in total. The Bertz CT molecular complexity index is 506. The van der Waals surface area contributed by atoms with E-state index in [0.717, 1.165) is 5.56 Å². The third kappa shape index (κ3) is 2.82. The molecule has 0 aliphatic rings. The van der Waals surface area contributed by atoms with Crippen molar-refractivity contribution in [3.63, 3.8) is 0 Å². The number of nitrogens with one attached hydrogen (secondary N) is 1. The number of nitrogens with zero attached hydrogens (tertiary/aromatic N) is 3. The molecule has 0 fully saturated rings. The number of halogens is 1. The van der Waals surface area contributed by atoms with Crippen molar-refractivity contribution < 1.29 is 4.74 Å². The first-order valence-corrected chi connectivity index (χ1v) is 5.36. The molecule has 2 aromatic rings. The number of hydrogen-bond donors (Lipinski definition) is 1. The lowest BCUT2D eigenvalue weighted by molar-refractivity contribution is 0.393. The molecule has 2 aromatic heterocycles. The third-order valence-electron chi connectivity index (χ3n) is 2.16. The van der Waals surface area contributed by atoms with Crippen LogP contribution in [0.2, 0.25) is 5.02 Å². The van der Waals surface area contributed by atoms with Crippen LogP contribution in [0, 0.1) is 0 Å². The summed E-state index contributed by atoms with van der Waals surface area (Å²) >= 11 is 5.93. The van der Waals surface area contributed by atoms with Gasteiger partial charge in [0, 0.05) is 18.3 Å². The molecule has 0 unspecified atom stereocenters. The molecule has 0 atom stereocenters. The van der Waals surface area contributed by atoms with Crippen LogP contribution < -0.4 is 10.1 Å². The van der Waals surface area contributed by atoms with Crippen molar-refractivity contribution >= 4 is 17.4 Å². The zero-order valence-corrected chi connectivity index (χ0v) is 9.98. The average Bonchev–Trinajstić information content (AvgIpc) is 2.38. The summed E-state index contributed by atoms with van der Waals surface area (Å²) < 4.78 is 5.15. The number of ether oxygens (including phenoxy) is 1. The van der Waals surface area contributed by atoms with E-state index in [9.17, 15) is 0 Å². The van der Waals surface area contributed by atoms with Crippen LogP contribution in [0.25, 0.3) is 0 Å². The highest BCUT2D eigenvalue weighted by Gasteiger charge is 2.05. The second-order valence-electron chi connectivity index (χ2n) is 3.24. The number of aromatic nitrogens is 3. The average molecular weight is 251 g/mol. The molecule has 0 spiro atoms. The molecule has 6 heteroatoms. The standard InChI is InChI=1S/C11H11ClN4O/c1-17-11-8(3-2-4-14-11)5-15-10-9(12)6-13-7-16-10/h2-4,6-7H,5H2,1H3,(H,13,15,16). The van der Waals surface area contributed by atoms with Gasteiger partial charge in [0.2, 0.25) is 5.88 Å². The van der Waals surface area contributed by atoms with Crippen LogP contribution in [-0.4, -0.2) is 22.1 Å². The highest BCUT2D eigenvalue weighted by Crippen LogP contribution is 2.19. The maximum Gasteiger partial charge on any atom is 0.218 e. The molecule has 0 aliphatic carbocycles. The molecule has 2 rings (SSSR count). The van der Waals surface area contributed by atoms with Gasteiger partial charge < -0.3 is 10.1 Å². The fraction of sp³-hybridized carbons (Fsp3) is 0.182. The van der Waals surface area contributed by atoms with E-state index in [2.05, 4.69) is 20.3 Å². The normalized spacial score (nSPS) is 10.0. The summed E-state index contributed by atoms with van der Waals surface area (Å²) in [6.45, 7) is 0.535. The Morgan fingerprint density at radius 3 is 3.06 bits per heavy atom. The number of pyridine rings is 1. The fourth-order valence-corrected chi connectivity index (χ4v) is 1.54. The van der Waals surface area contributed by atoms with Gasteiger partial charge in [0.1, 0.15) is 17.2 Å².